The minimum absolute atomic E-state index is 0.360. The minimum atomic E-state index is -3.83. The van der Waals surface area contributed by atoms with Crippen LogP contribution in [0.4, 0.5) is 8.78 Å². The second-order valence-corrected chi connectivity index (χ2v) is 3.73. The normalized spacial score (nSPS) is 11.9. The first-order valence-electron chi connectivity index (χ1n) is 3.98. The molecule has 0 saturated heterocycles. The van der Waals surface area contributed by atoms with Gasteiger partial charge in [0.05, 0.1) is 0 Å². The van der Waals surface area contributed by atoms with E-state index < -0.39 is 11.9 Å². The maximum Gasteiger partial charge on any atom is 0.378 e. The van der Waals surface area contributed by atoms with Gasteiger partial charge in [-0.25, -0.2) is 4.79 Å². The van der Waals surface area contributed by atoms with E-state index in [-0.39, 0.29) is 0 Å². The average molecular weight is 277 g/mol. The van der Waals surface area contributed by atoms with Crippen LogP contribution in [-0.2, 0) is 4.79 Å². The van der Waals surface area contributed by atoms with Crippen molar-refractivity contribution < 1.29 is 18.7 Å². The number of hydrogen-bond acceptors (Lipinski definition) is 1. The Kier molecular flexibility index (Phi) is 3.57. The zero-order valence-corrected chi connectivity index (χ0v) is 9.04. The second-order valence-electron chi connectivity index (χ2n) is 2.81. The van der Waals surface area contributed by atoms with Crippen LogP contribution in [0.3, 0.4) is 0 Å². The van der Waals surface area contributed by atoms with Crippen LogP contribution in [0.1, 0.15) is 5.56 Å². The van der Waals surface area contributed by atoms with E-state index in [0.717, 1.165) is 10.5 Å². The molecule has 0 unspecified atom stereocenters. The van der Waals surface area contributed by atoms with Crippen LogP contribution >= 0.6 is 15.9 Å². The molecule has 0 radical (unpaired) electrons. The van der Waals surface area contributed by atoms with Crippen molar-refractivity contribution in [1.29, 1.82) is 0 Å². The number of carboxylic acids is 1. The van der Waals surface area contributed by atoms with Crippen molar-refractivity contribution in [3.05, 3.63) is 40.4 Å². The molecule has 0 spiro atoms. The summed E-state index contributed by atoms with van der Waals surface area (Å²) in [6, 6.07) is 6.55. The Morgan fingerprint density at radius 1 is 1.33 bits per heavy atom. The minimum Gasteiger partial charge on any atom is -0.477 e. The van der Waals surface area contributed by atoms with Crippen LogP contribution in [0.5, 0.6) is 0 Å². The number of benzene rings is 1. The molecule has 2 nitrogen and oxygen atoms in total. The highest BCUT2D eigenvalue weighted by molar-refractivity contribution is 9.10. The zero-order valence-electron chi connectivity index (χ0n) is 7.45. The molecule has 0 bridgehead atoms. The molecule has 0 heterocycles. The van der Waals surface area contributed by atoms with E-state index in [1.807, 2.05) is 0 Å². The third kappa shape index (κ3) is 3.43. The van der Waals surface area contributed by atoms with Crippen molar-refractivity contribution in [2.45, 2.75) is 5.92 Å². The zero-order chi connectivity index (χ0) is 11.5. The van der Waals surface area contributed by atoms with Crippen molar-refractivity contribution >= 4 is 28.0 Å². The number of carbonyl (C=O) groups is 1. The molecule has 15 heavy (non-hydrogen) atoms. The standard InChI is InChI=1S/C10H7BrF2O2/c11-8-3-1-7(2-4-8)5-6-10(12,13)9(14)15/h1-6H,(H,14,15). The van der Waals surface area contributed by atoms with Gasteiger partial charge in [-0.1, -0.05) is 34.1 Å². The van der Waals surface area contributed by atoms with Gasteiger partial charge in [0.15, 0.2) is 0 Å². The molecule has 1 aromatic rings. The van der Waals surface area contributed by atoms with Gasteiger partial charge >= 0.3 is 11.9 Å². The van der Waals surface area contributed by atoms with Crippen molar-refractivity contribution in [3.8, 4) is 0 Å². The van der Waals surface area contributed by atoms with E-state index in [4.69, 9.17) is 5.11 Å². The van der Waals surface area contributed by atoms with Crippen LogP contribution in [0.15, 0.2) is 34.8 Å². The number of carboxylic acid groups (broad SMARTS) is 1. The first kappa shape index (κ1) is 11.8. The first-order chi connectivity index (χ1) is 6.92. The predicted octanol–water partition coefficient (Wildman–Crippen LogP) is 3.18. The van der Waals surface area contributed by atoms with E-state index in [2.05, 4.69) is 15.9 Å². The number of hydrogen-bond donors (Lipinski definition) is 1. The highest BCUT2D eigenvalue weighted by Crippen LogP contribution is 2.18. The van der Waals surface area contributed by atoms with Gasteiger partial charge in [-0.15, -0.1) is 0 Å². The molecular formula is C10H7BrF2O2. The Morgan fingerprint density at radius 3 is 2.33 bits per heavy atom. The van der Waals surface area contributed by atoms with E-state index in [9.17, 15) is 13.6 Å². The molecule has 0 amide bonds. The van der Waals surface area contributed by atoms with Crippen molar-refractivity contribution in [1.82, 2.24) is 0 Å². The summed E-state index contributed by atoms with van der Waals surface area (Å²) in [5, 5.41) is 8.15. The number of halogens is 3. The number of rotatable bonds is 3. The molecule has 0 atom stereocenters. The van der Waals surface area contributed by atoms with Crippen LogP contribution in [0, 0.1) is 0 Å². The van der Waals surface area contributed by atoms with Gasteiger partial charge in [0.25, 0.3) is 0 Å². The van der Waals surface area contributed by atoms with Gasteiger partial charge in [-0.2, -0.15) is 8.78 Å². The largest absolute Gasteiger partial charge is 0.477 e. The lowest BCUT2D eigenvalue weighted by Crippen LogP contribution is -2.24. The summed E-state index contributed by atoms with van der Waals surface area (Å²) < 4.78 is 26.1. The van der Waals surface area contributed by atoms with Crippen molar-refractivity contribution in [2.24, 2.45) is 0 Å². The highest BCUT2D eigenvalue weighted by Gasteiger charge is 2.35. The quantitative estimate of drug-likeness (QED) is 0.921. The summed E-state index contributed by atoms with van der Waals surface area (Å²) in [5.74, 6) is -5.98. The van der Waals surface area contributed by atoms with Gasteiger partial charge in [0.1, 0.15) is 0 Å². The van der Waals surface area contributed by atoms with E-state index in [1.165, 1.54) is 0 Å². The molecule has 0 aliphatic heterocycles. The Hall–Kier alpha value is -1.23. The fourth-order valence-corrected chi connectivity index (χ4v) is 1.11. The summed E-state index contributed by atoms with van der Waals surface area (Å²) in [6.45, 7) is 0. The molecule has 0 fully saturated rings. The molecule has 80 valence electrons. The van der Waals surface area contributed by atoms with Gasteiger partial charge in [-0.05, 0) is 23.8 Å². The SMILES string of the molecule is O=C(O)C(F)(F)C=Cc1ccc(Br)cc1. The van der Waals surface area contributed by atoms with Crippen LogP contribution in [0.25, 0.3) is 6.08 Å². The van der Waals surface area contributed by atoms with Gasteiger partial charge in [-0.3, -0.25) is 0 Å². The summed E-state index contributed by atoms with van der Waals surface area (Å²) in [4.78, 5) is 10.1. The molecular weight excluding hydrogens is 270 g/mol. The molecule has 1 rings (SSSR count). The van der Waals surface area contributed by atoms with E-state index in [1.54, 1.807) is 24.3 Å². The summed E-state index contributed by atoms with van der Waals surface area (Å²) >= 11 is 3.19. The second kappa shape index (κ2) is 4.53. The van der Waals surface area contributed by atoms with Gasteiger partial charge in [0, 0.05) is 4.47 Å². The molecule has 1 N–H and O–H groups in total. The third-order valence-corrected chi connectivity index (χ3v) is 2.17. The summed E-state index contributed by atoms with van der Waals surface area (Å²) in [7, 11) is 0. The average Bonchev–Trinajstić information content (AvgIpc) is 2.17. The monoisotopic (exact) mass is 276 g/mol. The van der Waals surface area contributed by atoms with Gasteiger partial charge in [0.2, 0.25) is 0 Å². The van der Waals surface area contributed by atoms with E-state index >= 15 is 0 Å². The third-order valence-electron chi connectivity index (χ3n) is 1.64. The lowest BCUT2D eigenvalue weighted by atomic mass is 10.2. The summed E-state index contributed by atoms with van der Waals surface area (Å²) in [6.07, 6.45) is 1.43. The number of alkyl halides is 2. The molecule has 0 saturated carbocycles. The Bertz CT molecular complexity index is 385. The first-order valence-corrected chi connectivity index (χ1v) is 4.77. The van der Waals surface area contributed by atoms with Crippen LogP contribution in [-0.4, -0.2) is 17.0 Å². The Morgan fingerprint density at radius 2 is 1.87 bits per heavy atom. The van der Waals surface area contributed by atoms with Gasteiger partial charge < -0.3 is 5.11 Å². The van der Waals surface area contributed by atoms with Crippen LogP contribution < -0.4 is 0 Å². The maximum absolute atomic E-state index is 12.6. The number of aliphatic carboxylic acids is 1. The predicted molar refractivity (Wildman–Crippen MR) is 55.8 cm³/mol. The fourth-order valence-electron chi connectivity index (χ4n) is 0.846. The molecule has 0 aliphatic rings. The van der Waals surface area contributed by atoms with Crippen molar-refractivity contribution in [2.75, 3.05) is 0 Å². The fraction of sp³-hybridized carbons (Fsp3) is 0.100. The smallest absolute Gasteiger partial charge is 0.378 e. The van der Waals surface area contributed by atoms with Crippen LogP contribution in [0.2, 0.25) is 0 Å². The highest BCUT2D eigenvalue weighted by atomic mass is 79.9. The Labute approximate surface area is 93.4 Å². The lowest BCUT2D eigenvalue weighted by Gasteiger charge is -2.03. The molecule has 1 aromatic carbocycles. The maximum atomic E-state index is 12.6. The molecule has 0 aromatic heterocycles. The lowest BCUT2D eigenvalue weighted by molar-refractivity contribution is -0.157. The summed E-state index contributed by atoms with van der Waals surface area (Å²) in [5.41, 5.74) is 0.513. The van der Waals surface area contributed by atoms with E-state index in [0.29, 0.717) is 11.6 Å². The molecule has 0 aliphatic carbocycles. The molecule has 5 heteroatoms. The topological polar surface area (TPSA) is 37.3 Å². The Balaban J connectivity index is 2.82. The van der Waals surface area contributed by atoms with Crippen molar-refractivity contribution in [3.63, 3.8) is 0 Å².